The van der Waals surface area contributed by atoms with Gasteiger partial charge >= 0.3 is 0 Å². The van der Waals surface area contributed by atoms with Gasteiger partial charge in [-0.1, -0.05) is 25.1 Å². The Morgan fingerprint density at radius 1 is 1.39 bits per heavy atom. The van der Waals surface area contributed by atoms with Crippen LogP contribution in [0.1, 0.15) is 30.8 Å². The molecule has 2 N–H and O–H groups in total. The SMILES string of the molecule is CC[C@H](N)c1ccccc1OCc1nncn1C. The number of hydrogen-bond donors (Lipinski definition) is 1. The Morgan fingerprint density at radius 3 is 2.83 bits per heavy atom. The largest absolute Gasteiger partial charge is 0.485 e. The van der Waals surface area contributed by atoms with Crippen molar-refractivity contribution < 1.29 is 4.74 Å². The quantitative estimate of drug-likeness (QED) is 0.873. The van der Waals surface area contributed by atoms with E-state index in [1.807, 2.05) is 35.9 Å². The highest BCUT2D eigenvalue weighted by Crippen LogP contribution is 2.25. The topological polar surface area (TPSA) is 66.0 Å². The summed E-state index contributed by atoms with van der Waals surface area (Å²) in [5.41, 5.74) is 7.09. The summed E-state index contributed by atoms with van der Waals surface area (Å²) in [5.74, 6) is 1.60. The van der Waals surface area contributed by atoms with E-state index >= 15 is 0 Å². The van der Waals surface area contributed by atoms with Crippen LogP contribution in [0.4, 0.5) is 0 Å². The summed E-state index contributed by atoms with van der Waals surface area (Å²) in [6.45, 7) is 2.45. The molecule has 1 heterocycles. The Balaban J connectivity index is 2.12. The minimum Gasteiger partial charge on any atom is -0.485 e. The van der Waals surface area contributed by atoms with E-state index in [0.717, 1.165) is 23.6 Å². The minimum atomic E-state index is 0.000645. The number of nitrogens with two attached hydrogens (primary N) is 1. The first-order valence-electron chi connectivity index (χ1n) is 6.02. The third-order valence-electron chi connectivity index (χ3n) is 2.92. The van der Waals surface area contributed by atoms with Gasteiger partial charge in [0.15, 0.2) is 5.82 Å². The van der Waals surface area contributed by atoms with Gasteiger partial charge in [0, 0.05) is 18.7 Å². The number of ether oxygens (including phenoxy) is 1. The molecule has 2 rings (SSSR count). The van der Waals surface area contributed by atoms with Gasteiger partial charge in [-0.15, -0.1) is 10.2 Å². The van der Waals surface area contributed by atoms with Crippen molar-refractivity contribution in [1.29, 1.82) is 0 Å². The van der Waals surface area contributed by atoms with Crippen LogP contribution in [0.15, 0.2) is 30.6 Å². The second-order valence-electron chi connectivity index (χ2n) is 4.20. The molecule has 0 aliphatic rings. The van der Waals surface area contributed by atoms with Crippen molar-refractivity contribution >= 4 is 0 Å². The van der Waals surface area contributed by atoms with E-state index in [0.29, 0.717) is 6.61 Å². The molecule has 5 nitrogen and oxygen atoms in total. The molecule has 0 saturated heterocycles. The summed E-state index contributed by atoms with van der Waals surface area (Å²) in [6.07, 6.45) is 2.53. The van der Waals surface area contributed by atoms with Gasteiger partial charge in [-0.25, -0.2) is 0 Å². The van der Waals surface area contributed by atoms with Crippen LogP contribution in [0.3, 0.4) is 0 Å². The van der Waals surface area contributed by atoms with Crippen LogP contribution in [0.2, 0.25) is 0 Å². The standard InChI is InChI=1S/C13H18N4O/c1-3-11(14)10-6-4-5-7-12(10)18-8-13-16-15-9-17(13)2/h4-7,9,11H,3,8,14H2,1-2H3/t11-/m0/s1. The van der Waals surface area contributed by atoms with Gasteiger partial charge in [0.05, 0.1) is 0 Å². The molecule has 0 fully saturated rings. The van der Waals surface area contributed by atoms with E-state index in [-0.39, 0.29) is 6.04 Å². The number of hydrogen-bond acceptors (Lipinski definition) is 4. The maximum atomic E-state index is 6.06. The number of nitrogens with zero attached hydrogens (tertiary/aromatic N) is 3. The van der Waals surface area contributed by atoms with Crippen LogP contribution < -0.4 is 10.5 Å². The van der Waals surface area contributed by atoms with Gasteiger partial charge in [-0.05, 0) is 12.5 Å². The molecule has 0 spiro atoms. The minimum absolute atomic E-state index is 0.000645. The molecule has 1 aromatic carbocycles. The van der Waals surface area contributed by atoms with Crippen molar-refractivity contribution in [2.24, 2.45) is 12.8 Å². The summed E-state index contributed by atoms with van der Waals surface area (Å²) >= 11 is 0. The molecule has 0 radical (unpaired) electrons. The smallest absolute Gasteiger partial charge is 0.170 e. The van der Waals surface area contributed by atoms with Crippen LogP contribution in [0.5, 0.6) is 5.75 Å². The number of rotatable bonds is 5. The van der Waals surface area contributed by atoms with Crippen molar-refractivity contribution in [3.8, 4) is 5.75 Å². The molecule has 5 heteroatoms. The molecule has 0 aliphatic carbocycles. The zero-order chi connectivity index (χ0) is 13.0. The average molecular weight is 246 g/mol. The third-order valence-corrected chi connectivity index (χ3v) is 2.92. The number of aromatic nitrogens is 3. The van der Waals surface area contributed by atoms with Crippen LogP contribution in [0, 0.1) is 0 Å². The maximum Gasteiger partial charge on any atom is 0.170 e. The first-order chi connectivity index (χ1) is 8.72. The zero-order valence-electron chi connectivity index (χ0n) is 10.7. The summed E-state index contributed by atoms with van der Waals surface area (Å²) in [5, 5.41) is 7.80. The molecule has 1 aromatic heterocycles. The molecule has 0 aliphatic heterocycles. The van der Waals surface area contributed by atoms with Crippen LogP contribution in [-0.4, -0.2) is 14.8 Å². The molecule has 0 unspecified atom stereocenters. The van der Waals surface area contributed by atoms with Gasteiger partial charge in [-0.2, -0.15) is 0 Å². The van der Waals surface area contributed by atoms with E-state index in [4.69, 9.17) is 10.5 Å². The number of para-hydroxylation sites is 1. The molecule has 2 aromatic rings. The molecule has 18 heavy (non-hydrogen) atoms. The highest BCUT2D eigenvalue weighted by molar-refractivity contribution is 5.35. The van der Waals surface area contributed by atoms with Crippen molar-refractivity contribution in [2.45, 2.75) is 26.0 Å². The lowest BCUT2D eigenvalue weighted by Crippen LogP contribution is -2.11. The zero-order valence-corrected chi connectivity index (χ0v) is 10.7. The van der Waals surface area contributed by atoms with Crippen LogP contribution in [-0.2, 0) is 13.7 Å². The van der Waals surface area contributed by atoms with Gasteiger partial charge in [0.25, 0.3) is 0 Å². The van der Waals surface area contributed by atoms with E-state index in [1.54, 1.807) is 6.33 Å². The predicted molar refractivity (Wildman–Crippen MR) is 69.0 cm³/mol. The van der Waals surface area contributed by atoms with Gasteiger partial charge < -0.3 is 15.0 Å². The molecular weight excluding hydrogens is 228 g/mol. The maximum absolute atomic E-state index is 6.06. The molecule has 0 amide bonds. The summed E-state index contributed by atoms with van der Waals surface area (Å²) in [4.78, 5) is 0. The summed E-state index contributed by atoms with van der Waals surface area (Å²) in [6, 6.07) is 7.85. The lowest BCUT2D eigenvalue weighted by atomic mass is 10.0. The Kier molecular flexibility index (Phi) is 3.94. The molecule has 0 bridgehead atoms. The van der Waals surface area contributed by atoms with E-state index in [9.17, 15) is 0 Å². The second-order valence-corrected chi connectivity index (χ2v) is 4.20. The van der Waals surface area contributed by atoms with Gasteiger partial charge in [-0.3, -0.25) is 0 Å². The fraction of sp³-hybridized carbons (Fsp3) is 0.385. The summed E-state index contributed by atoms with van der Waals surface area (Å²) < 4.78 is 7.62. The number of aryl methyl sites for hydroxylation is 1. The lowest BCUT2D eigenvalue weighted by Gasteiger charge is -2.15. The van der Waals surface area contributed by atoms with Crippen molar-refractivity contribution in [2.75, 3.05) is 0 Å². The van der Waals surface area contributed by atoms with Crippen molar-refractivity contribution in [3.63, 3.8) is 0 Å². The fourth-order valence-electron chi connectivity index (χ4n) is 1.72. The predicted octanol–water partition coefficient (Wildman–Crippen LogP) is 1.80. The average Bonchev–Trinajstić information content (AvgIpc) is 2.81. The number of benzene rings is 1. The van der Waals surface area contributed by atoms with Crippen molar-refractivity contribution in [3.05, 3.63) is 42.0 Å². The molecular formula is C13H18N4O. The van der Waals surface area contributed by atoms with E-state index in [1.165, 1.54) is 0 Å². The highest BCUT2D eigenvalue weighted by Gasteiger charge is 2.10. The lowest BCUT2D eigenvalue weighted by molar-refractivity contribution is 0.286. The van der Waals surface area contributed by atoms with Gasteiger partial charge in [0.2, 0.25) is 0 Å². The normalized spacial score (nSPS) is 12.4. The highest BCUT2D eigenvalue weighted by atomic mass is 16.5. The summed E-state index contributed by atoms with van der Waals surface area (Å²) in [7, 11) is 1.89. The second kappa shape index (κ2) is 5.64. The third kappa shape index (κ3) is 2.68. The first-order valence-corrected chi connectivity index (χ1v) is 6.02. The molecule has 0 saturated carbocycles. The molecule has 1 atom stereocenters. The van der Waals surface area contributed by atoms with E-state index < -0.39 is 0 Å². The van der Waals surface area contributed by atoms with Crippen LogP contribution in [0.25, 0.3) is 0 Å². The molecule has 96 valence electrons. The Hall–Kier alpha value is -1.88. The Morgan fingerprint density at radius 2 is 2.17 bits per heavy atom. The Bertz CT molecular complexity index is 509. The fourth-order valence-corrected chi connectivity index (χ4v) is 1.72. The van der Waals surface area contributed by atoms with E-state index in [2.05, 4.69) is 17.1 Å². The first kappa shape index (κ1) is 12.6. The Labute approximate surface area is 107 Å². The van der Waals surface area contributed by atoms with Crippen LogP contribution >= 0.6 is 0 Å². The van der Waals surface area contributed by atoms with Crippen molar-refractivity contribution in [1.82, 2.24) is 14.8 Å². The van der Waals surface area contributed by atoms with Gasteiger partial charge in [0.1, 0.15) is 18.7 Å². The monoisotopic (exact) mass is 246 g/mol.